The molecule has 10 heteroatoms. The van der Waals surface area contributed by atoms with E-state index in [4.69, 9.17) is 9.47 Å². The van der Waals surface area contributed by atoms with E-state index in [0.29, 0.717) is 18.8 Å². The van der Waals surface area contributed by atoms with Gasteiger partial charge in [-0.2, -0.15) is 5.26 Å². The van der Waals surface area contributed by atoms with E-state index in [0.717, 1.165) is 29.5 Å². The molecule has 34 heavy (non-hydrogen) atoms. The molecule has 2 aromatic carbocycles. The Morgan fingerprint density at radius 2 is 1.76 bits per heavy atom. The number of hydrogen-bond acceptors (Lipinski definition) is 9. The highest BCUT2D eigenvalue weighted by Crippen LogP contribution is 2.25. The molecule has 2 aromatic rings. The average Bonchev–Trinajstić information content (AvgIpc) is 2.87. The van der Waals surface area contributed by atoms with E-state index in [1.165, 1.54) is 6.08 Å². The fourth-order valence-electron chi connectivity index (χ4n) is 4.06. The third-order valence-corrected chi connectivity index (χ3v) is 6.05. The van der Waals surface area contributed by atoms with Gasteiger partial charge in [0.15, 0.2) is 6.29 Å². The van der Waals surface area contributed by atoms with Crippen LogP contribution < -0.4 is 10.2 Å². The molecule has 10 nitrogen and oxygen atoms in total. The zero-order valence-corrected chi connectivity index (χ0v) is 18.4. The first-order chi connectivity index (χ1) is 16.4. The molecular weight excluding hydrogens is 442 g/mol. The first-order valence-electron chi connectivity index (χ1n) is 11.0. The molecule has 0 aliphatic carbocycles. The number of anilines is 1. The van der Waals surface area contributed by atoms with E-state index in [1.807, 2.05) is 36.4 Å². The minimum absolute atomic E-state index is 0.157. The third kappa shape index (κ3) is 5.20. The second-order valence-corrected chi connectivity index (χ2v) is 8.31. The van der Waals surface area contributed by atoms with E-state index >= 15 is 0 Å². The van der Waals surface area contributed by atoms with Crippen molar-refractivity contribution in [2.45, 2.75) is 30.7 Å². The van der Waals surface area contributed by atoms with Crippen LogP contribution in [0.4, 0.5) is 5.69 Å². The largest absolute Gasteiger partial charge is 0.388 e. The molecule has 2 heterocycles. The first-order valence-corrected chi connectivity index (χ1v) is 11.0. The number of fused-ring (bicyclic) bond motifs is 1. The lowest BCUT2D eigenvalue weighted by Gasteiger charge is -2.38. The Labute approximate surface area is 196 Å². The van der Waals surface area contributed by atoms with Crippen molar-refractivity contribution in [1.82, 2.24) is 5.32 Å². The van der Waals surface area contributed by atoms with Gasteiger partial charge in [0.2, 0.25) is 0 Å². The topological polar surface area (TPSA) is 156 Å². The van der Waals surface area contributed by atoms with Gasteiger partial charge in [-0.3, -0.25) is 4.79 Å². The van der Waals surface area contributed by atoms with Gasteiger partial charge in [-0.05, 0) is 40.6 Å². The van der Waals surface area contributed by atoms with E-state index in [9.17, 15) is 30.5 Å². The number of aliphatic hydroxyl groups excluding tert-OH is 4. The number of aliphatic hydroxyl groups is 4. The predicted octanol–water partition coefficient (Wildman–Crippen LogP) is -0.501. The summed E-state index contributed by atoms with van der Waals surface area (Å²) in [4.78, 5) is 14.8. The van der Waals surface area contributed by atoms with Gasteiger partial charge in [0.25, 0.3) is 5.91 Å². The Morgan fingerprint density at radius 3 is 2.50 bits per heavy atom. The Bertz CT molecular complexity index is 1110. The van der Waals surface area contributed by atoms with Gasteiger partial charge >= 0.3 is 0 Å². The number of rotatable bonds is 5. The van der Waals surface area contributed by atoms with Crippen molar-refractivity contribution >= 4 is 28.4 Å². The summed E-state index contributed by atoms with van der Waals surface area (Å²) in [6, 6.07) is 13.6. The van der Waals surface area contributed by atoms with Crippen LogP contribution in [0, 0.1) is 11.3 Å². The maximum Gasteiger partial charge on any atom is 0.262 e. The van der Waals surface area contributed by atoms with Crippen molar-refractivity contribution in [3.8, 4) is 6.07 Å². The fourth-order valence-corrected chi connectivity index (χ4v) is 4.06. The molecule has 0 saturated carbocycles. The van der Waals surface area contributed by atoms with Gasteiger partial charge in [0, 0.05) is 25.3 Å². The normalized spacial score (nSPS) is 27.9. The summed E-state index contributed by atoms with van der Waals surface area (Å²) in [5.74, 6) is -0.698. The van der Waals surface area contributed by atoms with Gasteiger partial charge < -0.3 is 40.1 Å². The van der Waals surface area contributed by atoms with Crippen LogP contribution in [0.1, 0.15) is 5.56 Å². The molecule has 2 fully saturated rings. The first kappa shape index (κ1) is 24.1. The van der Waals surface area contributed by atoms with E-state index < -0.39 is 36.6 Å². The quantitative estimate of drug-likeness (QED) is 0.288. The number of nitrogens with one attached hydrogen (secondary N) is 1. The van der Waals surface area contributed by atoms with Crippen LogP contribution in [0.25, 0.3) is 16.8 Å². The molecule has 2 aliphatic rings. The number of ether oxygens (including phenoxy) is 2. The number of nitriles is 1. The van der Waals surface area contributed by atoms with Crippen LogP contribution in [0.3, 0.4) is 0 Å². The maximum absolute atomic E-state index is 12.5. The van der Waals surface area contributed by atoms with Crippen molar-refractivity contribution in [1.29, 1.82) is 5.26 Å². The molecule has 2 saturated heterocycles. The van der Waals surface area contributed by atoms with Crippen molar-refractivity contribution in [2.75, 3.05) is 37.7 Å². The minimum Gasteiger partial charge on any atom is -0.388 e. The Balaban J connectivity index is 1.44. The molecule has 5 N–H and O–H groups in total. The molecule has 0 bridgehead atoms. The second kappa shape index (κ2) is 10.5. The predicted molar refractivity (Wildman–Crippen MR) is 122 cm³/mol. The number of benzene rings is 2. The molecule has 1 unspecified atom stereocenters. The Morgan fingerprint density at radius 1 is 1.06 bits per heavy atom. The lowest BCUT2D eigenvalue weighted by atomic mass is 9.99. The molecule has 180 valence electrons. The van der Waals surface area contributed by atoms with Crippen LogP contribution in [0.2, 0.25) is 0 Å². The second-order valence-electron chi connectivity index (χ2n) is 8.31. The Kier molecular flexibility index (Phi) is 7.43. The molecule has 2 aliphatic heterocycles. The van der Waals surface area contributed by atoms with Crippen LogP contribution in [-0.4, -0.2) is 89.9 Å². The minimum atomic E-state index is -1.70. The maximum atomic E-state index is 12.5. The zero-order valence-electron chi connectivity index (χ0n) is 18.4. The van der Waals surface area contributed by atoms with Crippen molar-refractivity contribution in [2.24, 2.45) is 0 Å². The molecular formula is C24H27N3O7. The summed E-state index contributed by atoms with van der Waals surface area (Å²) in [6.45, 7) is 2.82. The summed E-state index contributed by atoms with van der Waals surface area (Å²) >= 11 is 0. The summed E-state index contributed by atoms with van der Waals surface area (Å²) in [5.41, 5.74) is 1.63. The summed E-state index contributed by atoms with van der Waals surface area (Å²) in [5, 5.41) is 52.8. The van der Waals surface area contributed by atoms with Crippen LogP contribution in [-0.2, 0) is 14.3 Å². The van der Waals surface area contributed by atoms with Crippen LogP contribution in [0.15, 0.2) is 42.0 Å². The van der Waals surface area contributed by atoms with Crippen molar-refractivity contribution < 1.29 is 34.7 Å². The lowest BCUT2D eigenvalue weighted by molar-refractivity contribution is -0.280. The molecule has 5 atom stereocenters. The number of amides is 1. The number of nitrogens with zero attached hydrogens (tertiary/aromatic N) is 2. The monoisotopic (exact) mass is 469 g/mol. The lowest BCUT2D eigenvalue weighted by Crippen LogP contribution is -2.60. The van der Waals surface area contributed by atoms with Gasteiger partial charge in [-0.1, -0.05) is 18.2 Å². The summed E-state index contributed by atoms with van der Waals surface area (Å²) < 4.78 is 10.4. The SMILES string of the molecule is N#C/C(=C\c1ccc2cc(N3CCOCC3)ccc2c1)C(=O)NC[C@H]1OC(O)[C@H](O)[C@@H](O)[C@@H]1O. The molecule has 4 rings (SSSR count). The molecule has 0 spiro atoms. The highest BCUT2D eigenvalue weighted by atomic mass is 16.6. The summed E-state index contributed by atoms with van der Waals surface area (Å²) in [6.07, 6.45) is -6.20. The van der Waals surface area contributed by atoms with Crippen molar-refractivity contribution in [3.05, 3.63) is 47.5 Å². The average molecular weight is 469 g/mol. The number of morpholine rings is 1. The van der Waals surface area contributed by atoms with E-state index in [-0.39, 0.29) is 12.1 Å². The standard InChI is InChI=1S/C24H27N3O7/c25-12-17(23(31)26-13-19-20(28)21(29)22(30)24(32)34-19)10-14-1-2-16-11-18(4-3-15(16)9-14)27-5-7-33-8-6-27/h1-4,9-11,19-22,24,28-30,32H,5-8,13H2,(H,26,31)/b17-10+/t19-,20-,21+,22-,24?/m1/s1. The van der Waals surface area contributed by atoms with Crippen LogP contribution in [0.5, 0.6) is 0 Å². The summed E-state index contributed by atoms with van der Waals surface area (Å²) in [7, 11) is 0. The van der Waals surface area contributed by atoms with Crippen LogP contribution >= 0.6 is 0 Å². The van der Waals surface area contributed by atoms with Gasteiger partial charge in [-0.15, -0.1) is 0 Å². The fraction of sp³-hybridized carbons (Fsp3) is 0.417. The number of hydrogen-bond donors (Lipinski definition) is 5. The van der Waals surface area contributed by atoms with Crippen molar-refractivity contribution in [3.63, 3.8) is 0 Å². The van der Waals surface area contributed by atoms with Gasteiger partial charge in [-0.25, -0.2) is 0 Å². The zero-order chi connectivity index (χ0) is 24.2. The highest BCUT2D eigenvalue weighted by Gasteiger charge is 2.42. The van der Waals surface area contributed by atoms with E-state index in [1.54, 1.807) is 0 Å². The number of carbonyl (C=O) groups is 1. The van der Waals surface area contributed by atoms with Gasteiger partial charge in [0.05, 0.1) is 13.2 Å². The number of carbonyl (C=O) groups excluding carboxylic acids is 1. The molecule has 0 radical (unpaired) electrons. The van der Waals surface area contributed by atoms with Gasteiger partial charge in [0.1, 0.15) is 36.1 Å². The highest BCUT2D eigenvalue weighted by molar-refractivity contribution is 6.02. The smallest absolute Gasteiger partial charge is 0.262 e. The van der Waals surface area contributed by atoms with E-state index in [2.05, 4.69) is 16.3 Å². The third-order valence-electron chi connectivity index (χ3n) is 6.05. The molecule has 0 aromatic heterocycles. The Hall–Kier alpha value is -3.04. The molecule has 1 amide bonds.